The van der Waals surface area contributed by atoms with Gasteiger partial charge in [0, 0.05) is 23.6 Å². The SMILES string of the molecule is CCCOCCOc1cccc(SC)c1CN. The van der Waals surface area contributed by atoms with Gasteiger partial charge in [-0.15, -0.1) is 11.8 Å². The number of ether oxygens (including phenoxy) is 2. The zero-order valence-corrected chi connectivity index (χ0v) is 11.4. The molecule has 4 heteroatoms. The number of nitrogens with two attached hydrogens (primary N) is 1. The molecule has 0 aliphatic carbocycles. The van der Waals surface area contributed by atoms with Gasteiger partial charge in [0.25, 0.3) is 0 Å². The largest absolute Gasteiger partial charge is 0.491 e. The Hall–Kier alpha value is -0.710. The molecule has 0 radical (unpaired) electrons. The van der Waals surface area contributed by atoms with Gasteiger partial charge < -0.3 is 15.2 Å². The van der Waals surface area contributed by atoms with Crippen molar-refractivity contribution in [2.45, 2.75) is 24.8 Å². The van der Waals surface area contributed by atoms with Crippen molar-refractivity contribution in [3.63, 3.8) is 0 Å². The molecule has 96 valence electrons. The van der Waals surface area contributed by atoms with Crippen molar-refractivity contribution in [2.24, 2.45) is 5.73 Å². The quantitative estimate of drug-likeness (QED) is 0.573. The molecule has 0 saturated carbocycles. The van der Waals surface area contributed by atoms with Crippen LogP contribution in [-0.4, -0.2) is 26.1 Å². The third-order valence-corrected chi connectivity index (χ3v) is 3.17. The van der Waals surface area contributed by atoms with E-state index < -0.39 is 0 Å². The summed E-state index contributed by atoms with van der Waals surface area (Å²) in [5, 5.41) is 0. The number of thioether (sulfide) groups is 1. The Morgan fingerprint density at radius 1 is 1.24 bits per heavy atom. The Labute approximate surface area is 108 Å². The fraction of sp³-hybridized carbons (Fsp3) is 0.538. The molecule has 0 amide bonds. The topological polar surface area (TPSA) is 44.5 Å². The van der Waals surface area contributed by atoms with Crippen molar-refractivity contribution < 1.29 is 9.47 Å². The van der Waals surface area contributed by atoms with Gasteiger partial charge >= 0.3 is 0 Å². The normalized spacial score (nSPS) is 10.5. The van der Waals surface area contributed by atoms with Gasteiger partial charge in [-0.25, -0.2) is 0 Å². The predicted molar refractivity (Wildman–Crippen MR) is 72.7 cm³/mol. The van der Waals surface area contributed by atoms with Crippen molar-refractivity contribution >= 4 is 11.8 Å². The third kappa shape index (κ3) is 4.58. The van der Waals surface area contributed by atoms with Gasteiger partial charge in [-0.2, -0.15) is 0 Å². The van der Waals surface area contributed by atoms with E-state index in [1.54, 1.807) is 11.8 Å². The first kappa shape index (κ1) is 14.4. The predicted octanol–water partition coefficient (Wildman–Crippen LogP) is 2.67. The first-order valence-electron chi connectivity index (χ1n) is 5.90. The Bertz CT molecular complexity index is 331. The lowest BCUT2D eigenvalue weighted by Crippen LogP contribution is -2.10. The van der Waals surface area contributed by atoms with Crippen LogP contribution in [0.1, 0.15) is 18.9 Å². The van der Waals surface area contributed by atoms with Crippen LogP contribution in [0.15, 0.2) is 23.1 Å². The summed E-state index contributed by atoms with van der Waals surface area (Å²) in [6.45, 7) is 4.58. The molecule has 3 nitrogen and oxygen atoms in total. The number of hydrogen-bond donors (Lipinski definition) is 1. The molecular weight excluding hydrogens is 234 g/mol. The highest BCUT2D eigenvalue weighted by Gasteiger charge is 2.06. The van der Waals surface area contributed by atoms with Gasteiger partial charge in [0.1, 0.15) is 12.4 Å². The third-order valence-electron chi connectivity index (χ3n) is 2.35. The molecule has 1 rings (SSSR count). The minimum Gasteiger partial charge on any atom is -0.491 e. The van der Waals surface area contributed by atoms with E-state index in [-0.39, 0.29) is 0 Å². The lowest BCUT2D eigenvalue weighted by atomic mass is 10.2. The van der Waals surface area contributed by atoms with Gasteiger partial charge in [-0.05, 0) is 24.8 Å². The maximum atomic E-state index is 5.75. The van der Waals surface area contributed by atoms with Crippen molar-refractivity contribution in [1.29, 1.82) is 0 Å². The lowest BCUT2D eigenvalue weighted by molar-refractivity contribution is 0.100. The average Bonchev–Trinajstić information content (AvgIpc) is 2.38. The van der Waals surface area contributed by atoms with Crippen LogP contribution in [0.25, 0.3) is 0 Å². The van der Waals surface area contributed by atoms with E-state index in [0.29, 0.717) is 19.8 Å². The van der Waals surface area contributed by atoms with E-state index >= 15 is 0 Å². The summed E-state index contributed by atoms with van der Waals surface area (Å²) in [5.74, 6) is 0.874. The summed E-state index contributed by atoms with van der Waals surface area (Å²) in [7, 11) is 0. The molecule has 1 aromatic carbocycles. The summed E-state index contributed by atoms with van der Waals surface area (Å²) in [6.07, 6.45) is 3.08. The summed E-state index contributed by atoms with van der Waals surface area (Å²) in [5.41, 5.74) is 6.83. The van der Waals surface area contributed by atoms with Gasteiger partial charge in [0.15, 0.2) is 0 Å². The molecule has 0 heterocycles. The van der Waals surface area contributed by atoms with Gasteiger partial charge in [0.2, 0.25) is 0 Å². The first-order chi connectivity index (χ1) is 8.33. The van der Waals surface area contributed by atoms with E-state index in [0.717, 1.165) is 24.3 Å². The van der Waals surface area contributed by atoms with E-state index in [4.69, 9.17) is 15.2 Å². The van der Waals surface area contributed by atoms with Gasteiger partial charge in [-0.1, -0.05) is 13.0 Å². The van der Waals surface area contributed by atoms with Gasteiger partial charge in [0.05, 0.1) is 6.61 Å². The summed E-state index contributed by atoms with van der Waals surface area (Å²) in [4.78, 5) is 1.18. The number of rotatable bonds is 8. The van der Waals surface area contributed by atoms with Crippen LogP contribution in [0.2, 0.25) is 0 Å². The monoisotopic (exact) mass is 255 g/mol. The lowest BCUT2D eigenvalue weighted by Gasteiger charge is -2.13. The second-order valence-electron chi connectivity index (χ2n) is 3.60. The second-order valence-corrected chi connectivity index (χ2v) is 4.45. The Morgan fingerprint density at radius 2 is 2.06 bits per heavy atom. The molecule has 2 N–H and O–H groups in total. The second kappa shape index (κ2) is 8.39. The Balaban J connectivity index is 2.52. The van der Waals surface area contributed by atoms with Crippen LogP contribution in [0.4, 0.5) is 0 Å². The van der Waals surface area contributed by atoms with Crippen molar-refractivity contribution in [1.82, 2.24) is 0 Å². The molecular formula is C13H21NO2S. The van der Waals surface area contributed by atoms with Crippen LogP contribution in [0, 0.1) is 0 Å². The molecule has 0 fully saturated rings. The molecule has 0 aliphatic rings. The molecule has 0 aliphatic heterocycles. The highest BCUT2D eigenvalue weighted by molar-refractivity contribution is 7.98. The fourth-order valence-electron chi connectivity index (χ4n) is 1.53. The van der Waals surface area contributed by atoms with Crippen LogP contribution in [0.3, 0.4) is 0 Å². The zero-order chi connectivity index (χ0) is 12.5. The van der Waals surface area contributed by atoms with Gasteiger partial charge in [-0.3, -0.25) is 0 Å². The summed E-state index contributed by atoms with van der Waals surface area (Å²) in [6, 6.07) is 6.02. The molecule has 1 aromatic rings. The van der Waals surface area contributed by atoms with Crippen LogP contribution < -0.4 is 10.5 Å². The minimum absolute atomic E-state index is 0.502. The Morgan fingerprint density at radius 3 is 2.71 bits per heavy atom. The molecule has 0 atom stereocenters. The Kier molecular flexibility index (Phi) is 7.08. The minimum atomic E-state index is 0.502. The van der Waals surface area contributed by atoms with Crippen LogP contribution in [0.5, 0.6) is 5.75 Å². The summed E-state index contributed by atoms with van der Waals surface area (Å²) < 4.78 is 11.1. The fourth-order valence-corrected chi connectivity index (χ4v) is 2.18. The van der Waals surface area contributed by atoms with E-state index in [9.17, 15) is 0 Å². The molecule has 0 spiro atoms. The highest BCUT2D eigenvalue weighted by Crippen LogP contribution is 2.28. The maximum absolute atomic E-state index is 5.75. The average molecular weight is 255 g/mol. The maximum Gasteiger partial charge on any atom is 0.125 e. The van der Waals surface area contributed by atoms with E-state index in [1.165, 1.54) is 4.90 Å². The number of hydrogen-bond acceptors (Lipinski definition) is 4. The number of benzene rings is 1. The molecule has 0 aromatic heterocycles. The zero-order valence-electron chi connectivity index (χ0n) is 10.6. The van der Waals surface area contributed by atoms with Crippen LogP contribution in [-0.2, 0) is 11.3 Å². The van der Waals surface area contributed by atoms with E-state index in [2.05, 4.69) is 13.0 Å². The highest BCUT2D eigenvalue weighted by atomic mass is 32.2. The van der Waals surface area contributed by atoms with Crippen molar-refractivity contribution in [2.75, 3.05) is 26.1 Å². The molecule has 0 unspecified atom stereocenters. The first-order valence-corrected chi connectivity index (χ1v) is 7.12. The molecule has 17 heavy (non-hydrogen) atoms. The standard InChI is InChI=1S/C13H21NO2S/c1-3-7-15-8-9-16-12-5-4-6-13(17-2)11(12)10-14/h4-6H,3,7-10,14H2,1-2H3. The molecule has 0 saturated heterocycles. The van der Waals surface area contributed by atoms with Crippen molar-refractivity contribution in [3.05, 3.63) is 23.8 Å². The van der Waals surface area contributed by atoms with Crippen LogP contribution >= 0.6 is 11.8 Å². The summed E-state index contributed by atoms with van der Waals surface area (Å²) >= 11 is 1.69. The van der Waals surface area contributed by atoms with Crippen molar-refractivity contribution in [3.8, 4) is 5.75 Å². The molecule has 0 bridgehead atoms. The van der Waals surface area contributed by atoms with E-state index in [1.807, 2.05) is 18.4 Å². The smallest absolute Gasteiger partial charge is 0.125 e.